The predicted molar refractivity (Wildman–Crippen MR) is 200 cm³/mol. The van der Waals surface area contributed by atoms with Crippen molar-refractivity contribution < 1.29 is 14.3 Å². The number of fused-ring (bicyclic) bond motifs is 6. The number of ketones is 1. The Morgan fingerprint density at radius 1 is 0.788 bits per heavy atom. The van der Waals surface area contributed by atoms with Crippen LogP contribution in [0.1, 0.15) is 91.7 Å². The quantitative estimate of drug-likeness (QED) is 0.140. The van der Waals surface area contributed by atoms with Gasteiger partial charge in [-0.1, -0.05) is 54.3 Å². The normalized spacial score (nSPS) is 24.9. The topological polar surface area (TPSA) is 107 Å². The molecule has 0 spiro atoms. The van der Waals surface area contributed by atoms with Crippen LogP contribution in [-0.2, 0) is 4.74 Å². The number of hydrogen-bond donors (Lipinski definition) is 2. The summed E-state index contributed by atoms with van der Waals surface area (Å²) in [5, 5.41) is 2.20. The predicted octanol–water partition coefficient (Wildman–Crippen LogP) is 8.08. The van der Waals surface area contributed by atoms with Crippen LogP contribution in [0, 0.1) is 23.7 Å². The Balaban J connectivity index is 0.879. The van der Waals surface area contributed by atoms with Gasteiger partial charge in [-0.25, -0.2) is 14.8 Å². The van der Waals surface area contributed by atoms with E-state index in [4.69, 9.17) is 14.7 Å². The van der Waals surface area contributed by atoms with Crippen LogP contribution in [0.15, 0.2) is 78.9 Å². The number of likely N-dealkylation sites (tertiary alicyclic amines) is 2. The van der Waals surface area contributed by atoms with Crippen molar-refractivity contribution in [1.29, 1.82) is 0 Å². The summed E-state index contributed by atoms with van der Waals surface area (Å²) < 4.78 is 5.75. The van der Waals surface area contributed by atoms with Crippen molar-refractivity contribution in [2.45, 2.75) is 76.2 Å². The van der Waals surface area contributed by atoms with Gasteiger partial charge in [0.25, 0.3) is 0 Å². The van der Waals surface area contributed by atoms with E-state index in [0.717, 1.165) is 86.9 Å². The molecular formula is C43H40N6O3. The van der Waals surface area contributed by atoms with Gasteiger partial charge in [0, 0.05) is 34.2 Å². The summed E-state index contributed by atoms with van der Waals surface area (Å²) in [7, 11) is 0. The van der Waals surface area contributed by atoms with Crippen molar-refractivity contribution in [3.05, 3.63) is 107 Å². The minimum atomic E-state index is -0.541. The monoisotopic (exact) mass is 688 g/mol. The number of H-pyrrole nitrogens is 2. The van der Waals surface area contributed by atoms with Gasteiger partial charge in [-0.2, -0.15) is 0 Å². The van der Waals surface area contributed by atoms with Gasteiger partial charge in [0.1, 0.15) is 17.2 Å². The largest absolute Gasteiger partial charge is 0.444 e. The molecule has 0 bridgehead atoms. The molecular weight excluding hydrogens is 649 g/mol. The summed E-state index contributed by atoms with van der Waals surface area (Å²) in [5.41, 5.74) is 5.76. The van der Waals surface area contributed by atoms with Crippen LogP contribution in [0.25, 0.3) is 32.8 Å². The molecule has 2 aliphatic carbocycles. The van der Waals surface area contributed by atoms with Crippen molar-refractivity contribution in [1.82, 2.24) is 29.7 Å². The van der Waals surface area contributed by atoms with Crippen LogP contribution in [0.2, 0.25) is 0 Å². The fourth-order valence-corrected chi connectivity index (χ4v) is 8.67. The minimum absolute atomic E-state index is 0.109. The van der Waals surface area contributed by atoms with Gasteiger partial charge < -0.3 is 14.7 Å². The fourth-order valence-electron chi connectivity index (χ4n) is 8.67. The highest BCUT2D eigenvalue weighted by Crippen LogP contribution is 2.54. The molecule has 260 valence electrons. The molecule has 6 aromatic rings. The third kappa shape index (κ3) is 5.53. The molecule has 2 saturated carbocycles. The van der Waals surface area contributed by atoms with Gasteiger partial charge >= 0.3 is 6.09 Å². The number of carbonyl (C=O) groups excluding carboxylic acids is 2. The number of imidazole rings is 2. The minimum Gasteiger partial charge on any atom is -0.444 e. The van der Waals surface area contributed by atoms with E-state index in [9.17, 15) is 9.59 Å². The third-order valence-electron chi connectivity index (χ3n) is 11.3. The lowest BCUT2D eigenvalue weighted by Crippen LogP contribution is -2.38. The van der Waals surface area contributed by atoms with E-state index < -0.39 is 5.60 Å². The highest BCUT2D eigenvalue weighted by Gasteiger charge is 2.56. The first-order valence-electron chi connectivity index (χ1n) is 18.4. The molecule has 10 rings (SSSR count). The van der Waals surface area contributed by atoms with E-state index in [0.29, 0.717) is 24.4 Å². The van der Waals surface area contributed by atoms with Gasteiger partial charge in [0.15, 0.2) is 5.78 Å². The number of ether oxygens (including phenoxy) is 1. The first kappa shape index (κ1) is 31.3. The van der Waals surface area contributed by atoms with Crippen LogP contribution in [-0.4, -0.2) is 65.8 Å². The average Bonchev–Trinajstić information content (AvgIpc) is 3.80. The van der Waals surface area contributed by atoms with Gasteiger partial charge in [-0.3, -0.25) is 14.6 Å². The third-order valence-corrected chi connectivity index (χ3v) is 11.3. The van der Waals surface area contributed by atoms with Crippen LogP contribution >= 0.6 is 0 Å². The van der Waals surface area contributed by atoms with E-state index in [1.54, 1.807) is 0 Å². The van der Waals surface area contributed by atoms with E-state index in [1.807, 2.05) is 74.2 Å². The van der Waals surface area contributed by atoms with Crippen molar-refractivity contribution in [2.75, 3.05) is 6.54 Å². The molecule has 1 amide bonds. The maximum atomic E-state index is 13.1. The molecule has 4 aromatic carbocycles. The molecule has 9 nitrogen and oxygen atoms in total. The zero-order chi connectivity index (χ0) is 35.3. The molecule has 9 heteroatoms. The van der Waals surface area contributed by atoms with Crippen molar-refractivity contribution in [2.24, 2.45) is 11.8 Å². The lowest BCUT2D eigenvalue weighted by atomic mass is 10.1. The smallest absolute Gasteiger partial charge is 0.411 e. The van der Waals surface area contributed by atoms with Crippen LogP contribution in [0.5, 0.6) is 0 Å². The Kier molecular flexibility index (Phi) is 6.93. The summed E-state index contributed by atoms with van der Waals surface area (Å²) in [6.07, 6.45) is 3.87. The first-order valence-corrected chi connectivity index (χ1v) is 18.4. The van der Waals surface area contributed by atoms with E-state index in [2.05, 4.69) is 57.0 Å². The van der Waals surface area contributed by atoms with E-state index >= 15 is 0 Å². The van der Waals surface area contributed by atoms with Crippen molar-refractivity contribution in [3.63, 3.8) is 0 Å². The number of rotatable bonds is 5. The second-order valence-electron chi connectivity index (χ2n) is 16.1. The molecule has 0 radical (unpaired) electrons. The van der Waals surface area contributed by atoms with Gasteiger partial charge in [0.05, 0.1) is 40.7 Å². The molecule has 2 saturated heterocycles. The second kappa shape index (κ2) is 11.5. The number of aromatic nitrogens is 4. The Labute approximate surface area is 301 Å². The van der Waals surface area contributed by atoms with E-state index in [-0.39, 0.29) is 30.0 Å². The standard InChI is InChI=1S/C43H40N6O3/c1-43(2,3)52-42(51)49-35-20-29(35)22-37(49)41-44-31-15-12-25(18-33(31)46-41)10-9-24-11-14-30-27(17-24)13-16-32-39(30)47-40(45-32)36-21-28-19-34(28)48(36)23-38(50)26-7-5-4-6-8-26/h4-8,11-18,28-29,34-37H,19-23H2,1-3H3,(H,44,46)(H,45,47)/t28-,29-,34-,35-,36+,37+/m1/s1. The molecule has 0 unspecified atom stereocenters. The van der Waals surface area contributed by atoms with Crippen LogP contribution < -0.4 is 0 Å². The molecule has 52 heavy (non-hydrogen) atoms. The number of carbonyl (C=O) groups is 2. The number of nitrogens with one attached hydrogen (secondary N) is 2. The SMILES string of the molecule is CC(C)(C)OC(=O)N1[C@@H]2C[C@@H]2C[C@H]1c1nc2ccc(C#Cc3ccc4c(ccc5nc([C@@H]6C[C@H]7C[C@H]7N6CC(=O)c6ccccc6)[nH]c54)c3)cc2[nH]1. The summed E-state index contributed by atoms with van der Waals surface area (Å²) >= 11 is 0. The van der Waals surface area contributed by atoms with Crippen molar-refractivity contribution >= 4 is 44.7 Å². The maximum absolute atomic E-state index is 13.1. The molecule has 2 N–H and O–H groups in total. The van der Waals surface area contributed by atoms with Gasteiger partial charge in [-0.05, 0) is 100 Å². The Morgan fingerprint density at radius 2 is 1.48 bits per heavy atom. The number of nitrogens with zero attached hydrogens (tertiary/aromatic N) is 4. The number of hydrogen-bond acceptors (Lipinski definition) is 6. The Bertz CT molecular complexity index is 2480. The summed E-state index contributed by atoms with van der Waals surface area (Å²) in [5.74, 6) is 9.78. The zero-order valence-electron chi connectivity index (χ0n) is 29.5. The van der Waals surface area contributed by atoms with Gasteiger partial charge in [-0.15, -0.1) is 0 Å². The zero-order valence-corrected chi connectivity index (χ0v) is 29.5. The first-order chi connectivity index (χ1) is 25.1. The Morgan fingerprint density at radius 3 is 2.31 bits per heavy atom. The fraction of sp³-hybridized carbons (Fsp3) is 0.349. The number of aromatic amines is 2. The highest BCUT2D eigenvalue weighted by molar-refractivity contribution is 6.04. The highest BCUT2D eigenvalue weighted by atomic mass is 16.6. The molecule has 2 aliphatic heterocycles. The molecule has 2 aromatic heterocycles. The number of Topliss-reactive ketones (excluding diaryl/α,β-unsaturated/α-hetero) is 1. The number of amides is 1. The van der Waals surface area contributed by atoms with Crippen molar-refractivity contribution in [3.8, 4) is 11.8 Å². The summed E-state index contributed by atoms with van der Waals surface area (Å²) in [6, 6.07) is 26.8. The maximum Gasteiger partial charge on any atom is 0.411 e. The summed E-state index contributed by atoms with van der Waals surface area (Å²) in [4.78, 5) is 47.6. The molecule has 4 aliphatic rings. The van der Waals surface area contributed by atoms with Gasteiger partial charge in [0.2, 0.25) is 0 Å². The lowest BCUT2D eigenvalue weighted by molar-refractivity contribution is 0.0175. The number of piperidine rings is 2. The van der Waals surface area contributed by atoms with E-state index in [1.165, 1.54) is 0 Å². The molecule has 6 atom stereocenters. The molecule has 4 fully saturated rings. The molecule has 4 heterocycles. The van der Waals surface area contributed by atoms with Crippen LogP contribution in [0.4, 0.5) is 4.79 Å². The second-order valence-corrected chi connectivity index (χ2v) is 16.1. The summed E-state index contributed by atoms with van der Waals surface area (Å²) in [6.45, 7) is 6.13. The van der Waals surface area contributed by atoms with Crippen LogP contribution in [0.3, 0.4) is 0 Å². The number of benzene rings is 4. The lowest BCUT2D eigenvalue weighted by Gasteiger charge is -2.29. The Hall–Kier alpha value is -5.46. The average molecular weight is 689 g/mol.